The maximum Gasteiger partial charge on any atom is 0.115 e. The predicted molar refractivity (Wildman–Crippen MR) is 77.3 cm³/mol. The molecule has 4 heteroatoms. The average molecular weight is 274 g/mol. The van der Waals surface area contributed by atoms with Crippen molar-refractivity contribution in [3.63, 3.8) is 0 Å². The summed E-state index contributed by atoms with van der Waals surface area (Å²) in [6.45, 7) is 4.18. The van der Waals surface area contributed by atoms with Gasteiger partial charge in [-0.1, -0.05) is 30.3 Å². The number of nitrogens with zero attached hydrogens (tertiary/aromatic N) is 1. The van der Waals surface area contributed by atoms with E-state index in [9.17, 15) is 0 Å². The van der Waals surface area contributed by atoms with Crippen molar-refractivity contribution in [1.29, 1.82) is 0 Å². The molecule has 3 rings (SSSR count). The lowest BCUT2D eigenvalue weighted by Crippen LogP contribution is -2.21. The van der Waals surface area contributed by atoms with Crippen molar-refractivity contribution in [3.8, 4) is 0 Å². The molecule has 1 aromatic carbocycles. The summed E-state index contributed by atoms with van der Waals surface area (Å²) < 4.78 is 5.84. The van der Waals surface area contributed by atoms with Gasteiger partial charge in [0.25, 0.3) is 0 Å². The molecule has 100 valence electrons. The minimum absolute atomic E-state index is 0.132. The number of fused-ring (bicyclic) bond motifs is 1. The number of aromatic nitrogens is 1. The summed E-state index contributed by atoms with van der Waals surface area (Å²) in [6, 6.07) is 9.98. The molecule has 0 bridgehead atoms. The number of rotatable bonds is 2. The number of thiazole rings is 1. The fourth-order valence-corrected chi connectivity index (χ4v) is 3.63. The van der Waals surface area contributed by atoms with E-state index in [1.54, 1.807) is 11.3 Å². The second-order valence-electron chi connectivity index (χ2n) is 5.04. The van der Waals surface area contributed by atoms with Gasteiger partial charge in [-0.3, -0.25) is 0 Å². The van der Waals surface area contributed by atoms with Gasteiger partial charge >= 0.3 is 0 Å². The second kappa shape index (κ2) is 5.04. The molecule has 3 nitrogen and oxygen atoms in total. The van der Waals surface area contributed by atoms with Gasteiger partial charge in [-0.05, 0) is 19.4 Å². The molecular formula is C15H18N2OS. The lowest BCUT2D eigenvalue weighted by Gasteiger charge is -2.23. The van der Waals surface area contributed by atoms with Gasteiger partial charge in [0, 0.05) is 6.42 Å². The van der Waals surface area contributed by atoms with Gasteiger partial charge in [0.05, 0.1) is 28.8 Å². The molecule has 1 aliphatic heterocycles. The zero-order valence-electron chi connectivity index (χ0n) is 11.2. The fourth-order valence-electron chi connectivity index (χ4n) is 2.51. The molecular weight excluding hydrogens is 256 g/mol. The Labute approximate surface area is 117 Å². The minimum Gasteiger partial charge on any atom is -0.370 e. The zero-order valence-corrected chi connectivity index (χ0v) is 12.0. The highest BCUT2D eigenvalue weighted by Crippen LogP contribution is 2.36. The summed E-state index contributed by atoms with van der Waals surface area (Å²) in [7, 11) is 0. The summed E-state index contributed by atoms with van der Waals surface area (Å²) in [5, 5.41) is 0.987. The smallest absolute Gasteiger partial charge is 0.115 e. The van der Waals surface area contributed by atoms with Crippen molar-refractivity contribution in [2.24, 2.45) is 5.73 Å². The largest absolute Gasteiger partial charge is 0.370 e. The van der Waals surface area contributed by atoms with E-state index in [-0.39, 0.29) is 18.2 Å². The number of nitrogens with two attached hydrogens (primary N) is 1. The van der Waals surface area contributed by atoms with Gasteiger partial charge in [0.15, 0.2) is 0 Å². The van der Waals surface area contributed by atoms with Gasteiger partial charge in [-0.2, -0.15) is 0 Å². The molecule has 0 radical (unpaired) electrons. The number of benzene rings is 1. The van der Waals surface area contributed by atoms with Crippen LogP contribution in [0.1, 0.15) is 47.1 Å². The Hall–Kier alpha value is -1.23. The predicted octanol–water partition coefficient (Wildman–Crippen LogP) is 3.21. The van der Waals surface area contributed by atoms with Crippen LogP contribution in [0.25, 0.3) is 0 Å². The van der Waals surface area contributed by atoms with E-state index in [2.05, 4.69) is 13.8 Å². The molecule has 3 atom stereocenters. The van der Waals surface area contributed by atoms with Crippen LogP contribution in [0.5, 0.6) is 0 Å². The highest BCUT2D eigenvalue weighted by atomic mass is 32.1. The maximum atomic E-state index is 6.32. The van der Waals surface area contributed by atoms with Gasteiger partial charge in [-0.15, -0.1) is 11.3 Å². The van der Waals surface area contributed by atoms with Crippen molar-refractivity contribution in [2.75, 3.05) is 0 Å². The molecule has 0 fully saturated rings. The average Bonchev–Trinajstić information content (AvgIpc) is 2.83. The third-order valence-electron chi connectivity index (χ3n) is 3.46. The quantitative estimate of drug-likeness (QED) is 0.914. The topological polar surface area (TPSA) is 48.1 Å². The third-order valence-corrected chi connectivity index (χ3v) is 4.80. The highest BCUT2D eigenvalue weighted by Gasteiger charge is 2.27. The first kappa shape index (κ1) is 12.8. The van der Waals surface area contributed by atoms with Crippen LogP contribution >= 0.6 is 11.3 Å². The fraction of sp³-hybridized carbons (Fsp3) is 0.400. The zero-order chi connectivity index (χ0) is 13.4. The first-order valence-corrected chi connectivity index (χ1v) is 7.42. The van der Waals surface area contributed by atoms with Crippen LogP contribution in [-0.4, -0.2) is 11.1 Å². The lowest BCUT2D eigenvalue weighted by molar-refractivity contribution is -0.00318. The Morgan fingerprint density at radius 3 is 2.79 bits per heavy atom. The molecule has 2 N–H and O–H groups in total. The first-order chi connectivity index (χ1) is 9.15. The van der Waals surface area contributed by atoms with Crippen LogP contribution in [0, 0.1) is 0 Å². The SMILES string of the molecule is CC1Cc2nc(C(N)c3ccccc3)sc2C(C)O1. The van der Waals surface area contributed by atoms with Crippen LogP contribution < -0.4 is 5.73 Å². The van der Waals surface area contributed by atoms with E-state index >= 15 is 0 Å². The highest BCUT2D eigenvalue weighted by molar-refractivity contribution is 7.12. The van der Waals surface area contributed by atoms with Crippen LogP contribution in [0.3, 0.4) is 0 Å². The third kappa shape index (κ3) is 2.43. The van der Waals surface area contributed by atoms with Crippen molar-refractivity contribution in [1.82, 2.24) is 4.98 Å². The number of hydrogen-bond donors (Lipinski definition) is 1. The van der Waals surface area contributed by atoms with E-state index in [4.69, 9.17) is 15.5 Å². The van der Waals surface area contributed by atoms with Crippen molar-refractivity contribution < 1.29 is 4.74 Å². The van der Waals surface area contributed by atoms with E-state index in [0.29, 0.717) is 0 Å². The molecule has 2 aromatic rings. The van der Waals surface area contributed by atoms with Gasteiger partial charge in [0.1, 0.15) is 5.01 Å². The Morgan fingerprint density at radius 1 is 1.32 bits per heavy atom. The molecule has 19 heavy (non-hydrogen) atoms. The normalized spacial score (nSPS) is 23.9. The first-order valence-electron chi connectivity index (χ1n) is 6.60. The van der Waals surface area contributed by atoms with E-state index in [1.807, 2.05) is 30.3 Å². The van der Waals surface area contributed by atoms with Crippen LogP contribution in [-0.2, 0) is 11.2 Å². The van der Waals surface area contributed by atoms with E-state index < -0.39 is 0 Å². The molecule has 2 heterocycles. The Kier molecular flexibility index (Phi) is 3.39. The van der Waals surface area contributed by atoms with Gasteiger partial charge in [0.2, 0.25) is 0 Å². The second-order valence-corrected chi connectivity index (χ2v) is 6.11. The van der Waals surface area contributed by atoms with Crippen LogP contribution in [0.15, 0.2) is 30.3 Å². The number of ether oxygens (including phenoxy) is 1. The number of hydrogen-bond acceptors (Lipinski definition) is 4. The summed E-state index contributed by atoms with van der Waals surface area (Å²) in [5.41, 5.74) is 8.59. The van der Waals surface area contributed by atoms with Gasteiger partial charge in [-0.25, -0.2) is 4.98 Å². The molecule has 1 aliphatic rings. The molecule has 0 aliphatic carbocycles. The van der Waals surface area contributed by atoms with Crippen molar-refractivity contribution in [3.05, 3.63) is 51.5 Å². The molecule has 0 saturated heterocycles. The molecule has 0 spiro atoms. The summed E-state index contributed by atoms with van der Waals surface area (Å²) in [5.74, 6) is 0. The Balaban J connectivity index is 1.93. The Morgan fingerprint density at radius 2 is 2.05 bits per heavy atom. The van der Waals surface area contributed by atoms with E-state index in [0.717, 1.165) is 22.7 Å². The monoisotopic (exact) mass is 274 g/mol. The Bertz CT molecular complexity index is 567. The minimum atomic E-state index is -0.140. The maximum absolute atomic E-state index is 6.32. The van der Waals surface area contributed by atoms with Gasteiger partial charge < -0.3 is 10.5 Å². The van der Waals surface area contributed by atoms with Crippen molar-refractivity contribution >= 4 is 11.3 Å². The summed E-state index contributed by atoms with van der Waals surface area (Å²) >= 11 is 1.69. The summed E-state index contributed by atoms with van der Waals surface area (Å²) in [4.78, 5) is 5.98. The molecule has 3 unspecified atom stereocenters. The lowest BCUT2D eigenvalue weighted by atomic mass is 10.1. The molecule has 0 amide bonds. The molecule has 0 saturated carbocycles. The van der Waals surface area contributed by atoms with E-state index in [1.165, 1.54) is 4.88 Å². The van der Waals surface area contributed by atoms with Crippen LogP contribution in [0.4, 0.5) is 0 Å². The van der Waals surface area contributed by atoms with Crippen LogP contribution in [0.2, 0.25) is 0 Å². The standard InChI is InChI=1S/C15H18N2OS/c1-9-8-12-14(10(2)18-9)19-15(17-12)13(16)11-6-4-3-5-7-11/h3-7,9-10,13H,8,16H2,1-2H3. The van der Waals surface area contributed by atoms with Crippen molar-refractivity contribution in [2.45, 2.75) is 38.5 Å². The molecule has 1 aromatic heterocycles. The summed E-state index contributed by atoms with van der Waals surface area (Å²) in [6.07, 6.45) is 1.26.